The van der Waals surface area contributed by atoms with E-state index in [0.29, 0.717) is 40.3 Å². The molecule has 0 spiro atoms. The van der Waals surface area contributed by atoms with Crippen molar-refractivity contribution in [2.75, 3.05) is 0 Å². The zero-order chi connectivity index (χ0) is 50.0. The van der Waals surface area contributed by atoms with E-state index in [1.807, 2.05) is 0 Å². The van der Waals surface area contributed by atoms with Gasteiger partial charge in [-0.25, -0.2) is 0 Å². The molecule has 1 saturated heterocycles. The lowest BCUT2D eigenvalue weighted by molar-refractivity contribution is 0.718. The SMILES string of the molecule is CC(C)(C)[Si](C)(C)[Si]1([Si](C)(C)C(C)(C)C)[Si]([Si](C)(C)C(C)(C)C)([Si](C)(C)C(C)(C)C)[Si]([Si](C)(C)C(C)(C)C)([Si](C)(C)C(C)(C)C)[Si]1([Si](C)(C)C(C)(C)C)[Si](C)(C)C(C)(C)C. The highest BCUT2D eigenvalue weighted by atomic mass is 30.9. The van der Waals surface area contributed by atoms with Crippen molar-refractivity contribution in [2.45, 2.75) is 311 Å². The van der Waals surface area contributed by atoms with Crippen LogP contribution in [0.25, 0.3) is 0 Å². The summed E-state index contributed by atoms with van der Waals surface area (Å²) in [4.78, 5) is 0. The molecule has 0 aromatic carbocycles. The molecule has 12 heteroatoms. The van der Waals surface area contributed by atoms with Crippen LogP contribution < -0.4 is 0 Å². The van der Waals surface area contributed by atoms with Crippen LogP contribution in [0.2, 0.25) is 145 Å². The molecular weight excluding hydrogens is 914 g/mol. The van der Waals surface area contributed by atoms with Crippen LogP contribution in [-0.2, 0) is 0 Å². The van der Waals surface area contributed by atoms with Crippen molar-refractivity contribution in [1.82, 2.24) is 0 Å². The lowest BCUT2D eigenvalue weighted by Gasteiger charge is -3.03. The summed E-state index contributed by atoms with van der Waals surface area (Å²) in [5.41, 5.74) is 0. The maximum atomic E-state index is 3.28. The quantitative estimate of drug-likeness (QED) is 0.213. The van der Waals surface area contributed by atoms with Gasteiger partial charge in [0, 0.05) is 85.3 Å². The van der Waals surface area contributed by atoms with Gasteiger partial charge < -0.3 is 0 Å². The summed E-state index contributed by atoms with van der Waals surface area (Å²) in [6.45, 7) is 122. The van der Waals surface area contributed by atoms with Crippen LogP contribution in [-0.4, -0.2) is 85.3 Å². The van der Waals surface area contributed by atoms with E-state index in [-0.39, 0.29) is 0 Å². The Bertz CT molecular complexity index is 1220. The van der Waals surface area contributed by atoms with Gasteiger partial charge in [0.25, 0.3) is 0 Å². The van der Waals surface area contributed by atoms with E-state index >= 15 is 0 Å². The summed E-state index contributed by atoms with van der Waals surface area (Å²) >= 11 is 0. The minimum atomic E-state index is -2.39. The van der Waals surface area contributed by atoms with Gasteiger partial charge in [-0.3, -0.25) is 0 Å². The summed E-state index contributed by atoms with van der Waals surface area (Å²) < 4.78 is 0. The third-order valence-corrected chi connectivity index (χ3v) is 448. The lowest BCUT2D eigenvalue weighted by Crippen LogP contribution is -3.36. The van der Waals surface area contributed by atoms with E-state index in [0.717, 1.165) is 0 Å². The van der Waals surface area contributed by atoms with Gasteiger partial charge in [0.05, 0.1) is 0 Å². The molecule has 1 aliphatic heterocycles. The highest BCUT2D eigenvalue weighted by Crippen LogP contribution is 2.83. The van der Waals surface area contributed by atoms with Gasteiger partial charge in [-0.1, -0.05) is 271 Å². The number of rotatable bonds is 8. The Labute approximate surface area is 393 Å². The van der Waals surface area contributed by atoms with E-state index in [1.54, 1.807) is 0 Å². The first kappa shape index (κ1) is 60.6. The molecule has 0 radical (unpaired) electrons. The first-order chi connectivity index (χ1) is 25.0. The summed E-state index contributed by atoms with van der Waals surface area (Å²) in [5, 5.41) is 2.91. The predicted octanol–water partition coefficient (Wildman–Crippen LogP) is 18.8. The molecular formula is C48H120Si12. The van der Waals surface area contributed by atoms with E-state index in [9.17, 15) is 0 Å². The monoisotopic (exact) mass is 1030 g/mol. The van der Waals surface area contributed by atoms with Gasteiger partial charge in [0.1, 0.15) is 0 Å². The Balaban J connectivity index is 6.84. The van der Waals surface area contributed by atoms with Gasteiger partial charge in [-0.05, 0) is 40.3 Å². The molecule has 1 rings (SSSR count). The van der Waals surface area contributed by atoms with Crippen LogP contribution in [0.15, 0.2) is 0 Å². The maximum absolute atomic E-state index is 3.28. The third kappa shape index (κ3) is 6.46. The van der Waals surface area contributed by atoms with E-state index in [2.05, 4.69) is 271 Å². The molecule has 0 aliphatic carbocycles. The Morgan fingerprint density at radius 1 is 0.150 bits per heavy atom. The van der Waals surface area contributed by atoms with Crippen molar-refractivity contribution in [3.05, 3.63) is 0 Å². The fraction of sp³-hybridized carbons (Fsp3) is 1.00. The van der Waals surface area contributed by atoms with Crippen LogP contribution in [0, 0.1) is 0 Å². The average Bonchev–Trinajstić information content (AvgIpc) is 2.86. The van der Waals surface area contributed by atoms with Crippen LogP contribution in [0.1, 0.15) is 166 Å². The smallest absolute Gasteiger partial charge is 0.0383 e. The van der Waals surface area contributed by atoms with Crippen LogP contribution in [0.3, 0.4) is 0 Å². The van der Waals surface area contributed by atoms with Crippen LogP contribution in [0.4, 0.5) is 0 Å². The standard InChI is InChI=1S/C48H120Si12/c1-41(2,3)49(25,26)57(50(27,28)42(4,5)6)58(51(29,30)43(7,8)9,52(31,32)44(10,11)12)60(55(37,38)47(19,20)21,56(39,40)48(22,23)24)59(57,53(33,34)45(13,14)15)54(35,36)46(16,17)18/h1-40H3. The summed E-state index contributed by atoms with van der Waals surface area (Å²) in [6, 6.07) is 0. The summed E-state index contributed by atoms with van der Waals surface area (Å²) in [6.07, 6.45) is -9.55. The topological polar surface area (TPSA) is 0 Å². The molecule has 0 atom stereocenters. The minimum Gasteiger partial charge on any atom is -0.0715 e. The Morgan fingerprint density at radius 3 is 0.233 bits per heavy atom. The highest BCUT2D eigenvalue weighted by molar-refractivity contribution is 8.62. The average molecular weight is 1030 g/mol. The Hall–Kier alpha value is 2.60. The molecule has 0 unspecified atom stereocenters. The molecule has 0 nitrogen and oxygen atoms in total. The van der Waals surface area contributed by atoms with Gasteiger partial charge in [0.2, 0.25) is 0 Å². The minimum absolute atomic E-state index is 0.363. The van der Waals surface area contributed by atoms with Crippen molar-refractivity contribution in [1.29, 1.82) is 0 Å². The van der Waals surface area contributed by atoms with Gasteiger partial charge in [-0.2, -0.15) is 0 Å². The Kier molecular flexibility index (Phi) is 15.2. The number of hydrogen-bond acceptors (Lipinski definition) is 0. The van der Waals surface area contributed by atoms with E-state index in [1.165, 1.54) is 0 Å². The van der Waals surface area contributed by atoms with E-state index < -0.39 is 85.3 Å². The fourth-order valence-corrected chi connectivity index (χ4v) is 1060. The Morgan fingerprint density at radius 2 is 0.200 bits per heavy atom. The summed E-state index contributed by atoms with van der Waals surface area (Å²) in [5.74, 6) is 0. The van der Waals surface area contributed by atoms with Crippen molar-refractivity contribution < 1.29 is 0 Å². The highest BCUT2D eigenvalue weighted by Gasteiger charge is 3.09. The first-order valence-electron chi connectivity index (χ1n) is 25.0. The maximum Gasteiger partial charge on any atom is 0.0383 e. The molecule has 0 N–H and O–H groups in total. The third-order valence-electron chi connectivity index (χ3n) is 24.8. The number of hydrogen-bond donors (Lipinski definition) is 0. The molecule has 0 bridgehead atoms. The first-order valence-corrected chi connectivity index (χ1v) is 69.0. The molecule has 0 aromatic rings. The molecule has 1 aliphatic rings. The molecule has 360 valence electrons. The molecule has 0 amide bonds. The van der Waals surface area contributed by atoms with Gasteiger partial charge in [0.15, 0.2) is 0 Å². The second kappa shape index (κ2) is 15.1. The second-order valence-electron chi connectivity index (χ2n) is 34.0. The van der Waals surface area contributed by atoms with Crippen molar-refractivity contribution in [3.63, 3.8) is 0 Å². The largest absolute Gasteiger partial charge is 0.0715 e. The molecule has 1 heterocycles. The van der Waals surface area contributed by atoms with Crippen molar-refractivity contribution in [3.8, 4) is 0 Å². The molecule has 60 heavy (non-hydrogen) atoms. The lowest BCUT2D eigenvalue weighted by atomic mass is 10.2. The van der Waals surface area contributed by atoms with Crippen LogP contribution in [0.5, 0.6) is 0 Å². The molecule has 0 saturated carbocycles. The zero-order valence-electron chi connectivity index (χ0n) is 50.0. The fourth-order valence-electron chi connectivity index (χ4n) is 16.2. The zero-order valence-corrected chi connectivity index (χ0v) is 62.0. The second-order valence-corrected chi connectivity index (χ2v) is 180. The normalized spacial score (nSPS) is 21.2. The van der Waals surface area contributed by atoms with Crippen LogP contribution >= 0.6 is 0 Å². The summed E-state index contributed by atoms with van der Waals surface area (Å²) in [7, 11) is -17.3. The molecule has 0 aromatic heterocycles. The van der Waals surface area contributed by atoms with E-state index in [4.69, 9.17) is 0 Å². The van der Waals surface area contributed by atoms with Crippen molar-refractivity contribution in [2.24, 2.45) is 0 Å². The predicted molar refractivity (Wildman–Crippen MR) is 321 cm³/mol. The van der Waals surface area contributed by atoms with Gasteiger partial charge >= 0.3 is 0 Å². The molecule has 1 fully saturated rings. The van der Waals surface area contributed by atoms with Gasteiger partial charge in [-0.15, -0.1) is 0 Å². The van der Waals surface area contributed by atoms with Crippen molar-refractivity contribution >= 4 is 85.3 Å².